The fraction of sp³-hybridized carbons (Fsp3) is 0.333. The lowest BCUT2D eigenvalue weighted by Gasteiger charge is -2.02. The van der Waals surface area contributed by atoms with Gasteiger partial charge in [0.1, 0.15) is 5.82 Å². The predicted octanol–water partition coefficient (Wildman–Crippen LogP) is 0.0908. The Balaban J connectivity index is 3.06. The van der Waals surface area contributed by atoms with Gasteiger partial charge in [-0.05, 0) is 20.8 Å². The van der Waals surface area contributed by atoms with Gasteiger partial charge in [0.25, 0.3) is 0 Å². The number of guanidine groups is 1. The van der Waals surface area contributed by atoms with Crippen LogP contribution in [0.25, 0.3) is 0 Å². The van der Waals surface area contributed by atoms with E-state index in [2.05, 4.69) is 20.2 Å². The van der Waals surface area contributed by atoms with Crippen LogP contribution in [0.4, 0.5) is 0 Å². The average molecular weight is 206 g/mol. The molecule has 0 aliphatic carbocycles. The third-order valence-electron chi connectivity index (χ3n) is 1.81. The van der Waals surface area contributed by atoms with E-state index in [9.17, 15) is 0 Å². The summed E-state index contributed by atoms with van der Waals surface area (Å²) in [6, 6.07) is 0. The Kier molecular flexibility index (Phi) is 3.33. The highest BCUT2D eigenvalue weighted by atomic mass is 15.3. The largest absolute Gasteiger partial charge is 0.369 e. The Hall–Kier alpha value is -1.98. The fourth-order valence-electron chi connectivity index (χ4n) is 1.13. The zero-order chi connectivity index (χ0) is 11.4. The number of hydrogen-bond acceptors (Lipinski definition) is 4. The van der Waals surface area contributed by atoms with Gasteiger partial charge >= 0.3 is 0 Å². The van der Waals surface area contributed by atoms with E-state index >= 15 is 0 Å². The van der Waals surface area contributed by atoms with Crippen LogP contribution >= 0.6 is 0 Å². The van der Waals surface area contributed by atoms with E-state index in [0.717, 1.165) is 17.1 Å². The summed E-state index contributed by atoms with van der Waals surface area (Å²) in [6.07, 6.45) is 1.71. The van der Waals surface area contributed by atoms with Gasteiger partial charge < -0.3 is 11.5 Å². The van der Waals surface area contributed by atoms with Crippen molar-refractivity contribution in [2.45, 2.75) is 20.8 Å². The van der Waals surface area contributed by atoms with Crippen molar-refractivity contribution in [2.75, 3.05) is 0 Å². The molecular weight excluding hydrogens is 192 g/mol. The molecule has 0 atom stereocenters. The molecule has 1 aromatic rings. The zero-order valence-corrected chi connectivity index (χ0v) is 9.02. The van der Waals surface area contributed by atoms with Gasteiger partial charge in [-0.2, -0.15) is 5.10 Å². The number of rotatable bonds is 2. The molecule has 0 fully saturated rings. The topological polar surface area (TPSA) is 103 Å². The normalized spacial score (nSPS) is 11.3. The number of nitrogens with two attached hydrogens (primary N) is 2. The van der Waals surface area contributed by atoms with Crippen LogP contribution in [-0.4, -0.2) is 21.6 Å². The SMILES string of the molecule is C/C(=N\N=C(N)N)c1cnc(C)nc1C. The van der Waals surface area contributed by atoms with E-state index < -0.39 is 0 Å². The molecule has 80 valence electrons. The van der Waals surface area contributed by atoms with Gasteiger partial charge in [0.05, 0.1) is 11.4 Å². The van der Waals surface area contributed by atoms with Crippen molar-refractivity contribution in [3.05, 3.63) is 23.3 Å². The van der Waals surface area contributed by atoms with Gasteiger partial charge in [-0.1, -0.05) is 0 Å². The molecule has 6 heteroatoms. The predicted molar refractivity (Wildman–Crippen MR) is 59.5 cm³/mol. The van der Waals surface area contributed by atoms with Crippen molar-refractivity contribution in [3.8, 4) is 0 Å². The Labute approximate surface area is 88.1 Å². The first-order valence-corrected chi connectivity index (χ1v) is 4.44. The first-order chi connectivity index (χ1) is 7.00. The molecule has 0 aliphatic rings. The second-order valence-corrected chi connectivity index (χ2v) is 3.13. The van der Waals surface area contributed by atoms with Crippen LogP contribution in [0.2, 0.25) is 0 Å². The lowest BCUT2D eigenvalue weighted by molar-refractivity contribution is 1.00. The molecule has 0 saturated carbocycles. The zero-order valence-electron chi connectivity index (χ0n) is 9.02. The van der Waals surface area contributed by atoms with Gasteiger partial charge in [-0.3, -0.25) is 0 Å². The average Bonchev–Trinajstić information content (AvgIpc) is 2.14. The first-order valence-electron chi connectivity index (χ1n) is 4.44. The van der Waals surface area contributed by atoms with Gasteiger partial charge in [0, 0.05) is 11.8 Å². The molecule has 0 spiro atoms. The molecule has 0 aromatic carbocycles. The summed E-state index contributed by atoms with van der Waals surface area (Å²) in [5.41, 5.74) is 12.7. The quantitative estimate of drug-likeness (QED) is 0.406. The third-order valence-corrected chi connectivity index (χ3v) is 1.81. The maximum atomic E-state index is 5.17. The molecule has 0 radical (unpaired) electrons. The third kappa shape index (κ3) is 3.01. The molecule has 0 amide bonds. The molecular formula is C9H14N6. The van der Waals surface area contributed by atoms with Crippen molar-refractivity contribution in [1.29, 1.82) is 0 Å². The molecule has 0 unspecified atom stereocenters. The summed E-state index contributed by atoms with van der Waals surface area (Å²) >= 11 is 0. The molecule has 1 rings (SSSR count). The Bertz CT molecular complexity index is 417. The van der Waals surface area contributed by atoms with Gasteiger partial charge in [-0.15, -0.1) is 5.10 Å². The highest BCUT2D eigenvalue weighted by Crippen LogP contribution is 2.05. The second-order valence-electron chi connectivity index (χ2n) is 3.13. The van der Waals surface area contributed by atoms with Crippen molar-refractivity contribution in [1.82, 2.24) is 9.97 Å². The summed E-state index contributed by atoms with van der Waals surface area (Å²) in [5, 5.41) is 7.43. The molecule has 0 aliphatic heterocycles. The van der Waals surface area contributed by atoms with Crippen LogP contribution in [0.3, 0.4) is 0 Å². The van der Waals surface area contributed by atoms with E-state index in [1.807, 2.05) is 13.8 Å². The van der Waals surface area contributed by atoms with Crippen molar-refractivity contribution >= 4 is 11.7 Å². The lowest BCUT2D eigenvalue weighted by atomic mass is 10.1. The second kappa shape index (κ2) is 4.50. The van der Waals surface area contributed by atoms with Crippen LogP contribution in [0.1, 0.15) is 24.0 Å². The van der Waals surface area contributed by atoms with Crippen LogP contribution in [0.5, 0.6) is 0 Å². The molecule has 4 N–H and O–H groups in total. The molecule has 1 heterocycles. The minimum absolute atomic E-state index is 0.0694. The summed E-state index contributed by atoms with van der Waals surface area (Å²) in [7, 11) is 0. The molecule has 0 bridgehead atoms. The summed E-state index contributed by atoms with van der Waals surface area (Å²) in [5.74, 6) is 0.658. The number of aromatic nitrogens is 2. The number of aryl methyl sites for hydroxylation is 2. The van der Waals surface area contributed by atoms with Crippen LogP contribution in [0.15, 0.2) is 16.4 Å². The van der Waals surface area contributed by atoms with Gasteiger partial charge in [-0.25, -0.2) is 9.97 Å². The fourth-order valence-corrected chi connectivity index (χ4v) is 1.13. The van der Waals surface area contributed by atoms with Crippen LogP contribution in [-0.2, 0) is 0 Å². The number of hydrogen-bond donors (Lipinski definition) is 2. The molecule has 0 saturated heterocycles. The Morgan fingerprint density at radius 2 is 1.93 bits per heavy atom. The van der Waals surface area contributed by atoms with Crippen molar-refractivity contribution < 1.29 is 0 Å². The monoisotopic (exact) mass is 206 g/mol. The van der Waals surface area contributed by atoms with E-state index in [-0.39, 0.29) is 5.96 Å². The van der Waals surface area contributed by atoms with Gasteiger partial charge in [0.2, 0.25) is 5.96 Å². The van der Waals surface area contributed by atoms with Crippen molar-refractivity contribution in [2.24, 2.45) is 21.7 Å². The molecule has 1 aromatic heterocycles. The van der Waals surface area contributed by atoms with E-state index in [0.29, 0.717) is 5.71 Å². The molecule has 15 heavy (non-hydrogen) atoms. The van der Waals surface area contributed by atoms with E-state index in [4.69, 9.17) is 11.5 Å². The minimum atomic E-state index is -0.0694. The summed E-state index contributed by atoms with van der Waals surface area (Å²) in [4.78, 5) is 8.30. The summed E-state index contributed by atoms with van der Waals surface area (Å²) < 4.78 is 0. The van der Waals surface area contributed by atoms with Gasteiger partial charge in [0.15, 0.2) is 0 Å². The highest BCUT2D eigenvalue weighted by molar-refractivity contribution is 5.99. The maximum Gasteiger partial charge on any atom is 0.211 e. The van der Waals surface area contributed by atoms with E-state index in [1.165, 1.54) is 0 Å². The van der Waals surface area contributed by atoms with Crippen LogP contribution in [0, 0.1) is 13.8 Å². The lowest BCUT2D eigenvalue weighted by Crippen LogP contribution is -2.22. The first kappa shape index (κ1) is 11.1. The standard InChI is InChI=1S/C9H14N6/c1-5-8(4-12-7(3)13-5)6(2)14-15-9(10)11/h4H,1-3H3,(H4,10,11,15)/b14-6+. The Morgan fingerprint density at radius 1 is 1.27 bits per heavy atom. The van der Waals surface area contributed by atoms with E-state index in [1.54, 1.807) is 13.1 Å². The van der Waals surface area contributed by atoms with Crippen LogP contribution < -0.4 is 11.5 Å². The highest BCUT2D eigenvalue weighted by Gasteiger charge is 2.04. The maximum absolute atomic E-state index is 5.17. The summed E-state index contributed by atoms with van der Waals surface area (Å²) in [6.45, 7) is 5.52. The molecule has 6 nitrogen and oxygen atoms in total. The smallest absolute Gasteiger partial charge is 0.211 e. The number of nitrogens with zero attached hydrogens (tertiary/aromatic N) is 4. The Morgan fingerprint density at radius 3 is 2.47 bits per heavy atom. The van der Waals surface area contributed by atoms with Crippen molar-refractivity contribution in [3.63, 3.8) is 0 Å². The minimum Gasteiger partial charge on any atom is -0.369 e.